The van der Waals surface area contributed by atoms with E-state index in [1.54, 1.807) is 13.0 Å². The maximum atomic E-state index is 13.0. The van der Waals surface area contributed by atoms with Crippen LogP contribution in [0.5, 0.6) is 0 Å². The summed E-state index contributed by atoms with van der Waals surface area (Å²) in [4.78, 5) is 12.1. The number of rotatable bonds is 2. The summed E-state index contributed by atoms with van der Waals surface area (Å²) < 4.78 is 26.0. The van der Waals surface area contributed by atoms with E-state index < -0.39 is 17.5 Å². The molecule has 3 nitrogen and oxygen atoms in total. The van der Waals surface area contributed by atoms with Gasteiger partial charge in [0.2, 0.25) is 0 Å². The molecule has 0 fully saturated rings. The van der Waals surface area contributed by atoms with E-state index in [0.717, 1.165) is 12.1 Å². The molecule has 0 atom stereocenters. The third kappa shape index (κ3) is 2.81. The fourth-order valence-corrected chi connectivity index (χ4v) is 1.79. The molecule has 0 aromatic heterocycles. The van der Waals surface area contributed by atoms with Gasteiger partial charge in [-0.05, 0) is 48.9 Å². The van der Waals surface area contributed by atoms with Gasteiger partial charge in [0.05, 0.1) is 11.3 Å². The van der Waals surface area contributed by atoms with Gasteiger partial charge in [0.1, 0.15) is 17.7 Å². The third-order valence-electron chi connectivity index (χ3n) is 2.78. The predicted octanol–water partition coefficient (Wildman–Crippen LogP) is 3.40. The first kappa shape index (κ1) is 13.7. The maximum absolute atomic E-state index is 13.0. The van der Waals surface area contributed by atoms with E-state index in [9.17, 15) is 13.6 Å². The van der Waals surface area contributed by atoms with E-state index in [2.05, 4.69) is 5.32 Å². The average molecular weight is 272 g/mol. The normalized spacial score (nSPS) is 9.90. The molecule has 5 heteroatoms. The van der Waals surface area contributed by atoms with Crippen molar-refractivity contribution < 1.29 is 13.6 Å². The smallest absolute Gasteiger partial charge is 0.255 e. The summed E-state index contributed by atoms with van der Waals surface area (Å²) in [5.74, 6) is -1.47. The summed E-state index contributed by atoms with van der Waals surface area (Å²) >= 11 is 0. The molecule has 1 amide bonds. The molecule has 0 saturated carbocycles. The second-order valence-electron chi connectivity index (χ2n) is 4.22. The Morgan fingerprint density at radius 1 is 1.15 bits per heavy atom. The van der Waals surface area contributed by atoms with Gasteiger partial charge in [-0.25, -0.2) is 8.78 Å². The highest BCUT2D eigenvalue weighted by Gasteiger charge is 2.12. The van der Waals surface area contributed by atoms with Gasteiger partial charge in [-0.3, -0.25) is 4.79 Å². The lowest BCUT2D eigenvalue weighted by atomic mass is 10.1. The third-order valence-corrected chi connectivity index (χ3v) is 2.78. The van der Waals surface area contributed by atoms with Crippen molar-refractivity contribution in [2.75, 3.05) is 5.32 Å². The van der Waals surface area contributed by atoms with Crippen LogP contribution >= 0.6 is 0 Å². The van der Waals surface area contributed by atoms with Crippen LogP contribution in [-0.4, -0.2) is 5.91 Å². The Balaban J connectivity index is 2.31. The molecule has 2 rings (SSSR count). The Morgan fingerprint density at radius 3 is 2.45 bits per heavy atom. The van der Waals surface area contributed by atoms with E-state index >= 15 is 0 Å². The van der Waals surface area contributed by atoms with Crippen LogP contribution in [0.3, 0.4) is 0 Å². The van der Waals surface area contributed by atoms with Crippen molar-refractivity contribution >= 4 is 11.6 Å². The van der Waals surface area contributed by atoms with E-state index in [0.29, 0.717) is 11.1 Å². The summed E-state index contributed by atoms with van der Waals surface area (Å²) in [7, 11) is 0. The zero-order chi connectivity index (χ0) is 14.7. The second kappa shape index (κ2) is 5.49. The van der Waals surface area contributed by atoms with Crippen molar-refractivity contribution in [1.29, 1.82) is 5.26 Å². The van der Waals surface area contributed by atoms with Crippen molar-refractivity contribution in [2.24, 2.45) is 0 Å². The van der Waals surface area contributed by atoms with Gasteiger partial charge < -0.3 is 5.32 Å². The summed E-state index contributed by atoms with van der Waals surface area (Å²) in [6, 6.07) is 9.07. The van der Waals surface area contributed by atoms with E-state index in [1.165, 1.54) is 24.3 Å². The fourth-order valence-electron chi connectivity index (χ4n) is 1.79. The largest absolute Gasteiger partial charge is 0.321 e. The van der Waals surface area contributed by atoms with Gasteiger partial charge in [-0.15, -0.1) is 0 Å². The van der Waals surface area contributed by atoms with Crippen LogP contribution in [-0.2, 0) is 0 Å². The lowest BCUT2D eigenvalue weighted by molar-refractivity contribution is 0.102. The van der Waals surface area contributed by atoms with Crippen molar-refractivity contribution in [2.45, 2.75) is 6.92 Å². The Kier molecular flexibility index (Phi) is 3.76. The van der Waals surface area contributed by atoms with Gasteiger partial charge in [0.25, 0.3) is 5.91 Å². The van der Waals surface area contributed by atoms with Crippen LogP contribution in [0.4, 0.5) is 14.5 Å². The number of carbonyl (C=O) groups is 1. The summed E-state index contributed by atoms with van der Waals surface area (Å²) in [6.45, 7) is 1.61. The first-order valence-corrected chi connectivity index (χ1v) is 5.78. The second-order valence-corrected chi connectivity index (χ2v) is 4.22. The molecular formula is C15H10F2N2O. The molecule has 0 aliphatic heterocycles. The molecule has 0 heterocycles. The minimum atomic E-state index is -0.558. The predicted molar refractivity (Wildman–Crippen MR) is 70.2 cm³/mol. The van der Waals surface area contributed by atoms with Crippen LogP contribution in [0.15, 0.2) is 36.4 Å². The molecule has 0 aliphatic carbocycles. The summed E-state index contributed by atoms with van der Waals surface area (Å²) in [5, 5.41) is 11.4. The van der Waals surface area contributed by atoms with Crippen molar-refractivity contribution in [3.05, 3.63) is 64.7 Å². The molecule has 20 heavy (non-hydrogen) atoms. The van der Waals surface area contributed by atoms with Gasteiger partial charge >= 0.3 is 0 Å². The van der Waals surface area contributed by atoms with E-state index in [-0.39, 0.29) is 11.3 Å². The number of hydrogen-bond donors (Lipinski definition) is 1. The first-order valence-electron chi connectivity index (χ1n) is 5.78. The number of amides is 1. The minimum Gasteiger partial charge on any atom is -0.321 e. The molecular weight excluding hydrogens is 262 g/mol. The molecule has 100 valence electrons. The SMILES string of the molecule is Cc1cc(F)ccc1C(=O)Nc1ccc(F)cc1C#N. The van der Waals surface area contributed by atoms with E-state index in [4.69, 9.17) is 5.26 Å². The molecule has 0 bridgehead atoms. The highest BCUT2D eigenvalue weighted by atomic mass is 19.1. The number of nitrogens with one attached hydrogen (secondary N) is 1. The number of aryl methyl sites for hydroxylation is 1. The Hall–Kier alpha value is -2.74. The Labute approximate surface area is 114 Å². The number of carbonyl (C=O) groups excluding carboxylic acids is 1. The standard InChI is InChI=1S/C15H10F2N2O/c1-9-6-11(16)2-4-13(9)15(20)19-14-5-3-12(17)7-10(14)8-18/h2-7H,1H3,(H,19,20). The number of hydrogen-bond acceptors (Lipinski definition) is 2. The van der Waals surface area contributed by atoms with Crippen molar-refractivity contribution in [1.82, 2.24) is 0 Å². The van der Waals surface area contributed by atoms with Gasteiger partial charge in [0.15, 0.2) is 0 Å². The molecule has 0 radical (unpaired) electrons. The minimum absolute atomic E-state index is 0.0260. The van der Waals surface area contributed by atoms with Crippen LogP contribution in [0.1, 0.15) is 21.5 Å². The van der Waals surface area contributed by atoms with Crippen LogP contribution in [0, 0.1) is 29.9 Å². The zero-order valence-electron chi connectivity index (χ0n) is 10.6. The Morgan fingerprint density at radius 2 is 1.80 bits per heavy atom. The molecule has 0 aliphatic rings. The van der Waals surface area contributed by atoms with Crippen LogP contribution in [0.2, 0.25) is 0 Å². The molecule has 0 saturated heterocycles. The van der Waals surface area contributed by atoms with Crippen LogP contribution < -0.4 is 5.32 Å². The van der Waals surface area contributed by atoms with Gasteiger partial charge in [0, 0.05) is 5.56 Å². The summed E-state index contributed by atoms with van der Waals surface area (Å²) in [6.07, 6.45) is 0. The number of nitriles is 1. The quantitative estimate of drug-likeness (QED) is 0.911. The summed E-state index contributed by atoms with van der Waals surface area (Å²) in [5.41, 5.74) is 1.00. The molecule has 2 aromatic rings. The Bertz CT molecular complexity index is 720. The number of nitrogens with zero attached hydrogens (tertiary/aromatic N) is 1. The molecule has 1 N–H and O–H groups in total. The highest BCUT2D eigenvalue weighted by molar-refractivity contribution is 6.05. The number of anilines is 1. The monoisotopic (exact) mass is 272 g/mol. The molecule has 0 unspecified atom stereocenters. The average Bonchev–Trinajstić information content (AvgIpc) is 2.40. The molecule has 2 aromatic carbocycles. The zero-order valence-corrected chi connectivity index (χ0v) is 10.6. The maximum Gasteiger partial charge on any atom is 0.255 e. The van der Waals surface area contributed by atoms with E-state index in [1.807, 2.05) is 0 Å². The number of benzene rings is 2. The van der Waals surface area contributed by atoms with Crippen molar-refractivity contribution in [3.63, 3.8) is 0 Å². The fraction of sp³-hybridized carbons (Fsp3) is 0.0667. The first-order chi connectivity index (χ1) is 9.51. The van der Waals surface area contributed by atoms with Gasteiger partial charge in [-0.2, -0.15) is 5.26 Å². The number of halogens is 2. The van der Waals surface area contributed by atoms with Gasteiger partial charge in [-0.1, -0.05) is 0 Å². The lowest BCUT2D eigenvalue weighted by Crippen LogP contribution is -2.14. The van der Waals surface area contributed by atoms with Crippen molar-refractivity contribution in [3.8, 4) is 6.07 Å². The lowest BCUT2D eigenvalue weighted by Gasteiger charge is -2.09. The molecule has 0 spiro atoms. The highest BCUT2D eigenvalue weighted by Crippen LogP contribution is 2.18. The van der Waals surface area contributed by atoms with Crippen LogP contribution in [0.25, 0.3) is 0 Å². The topological polar surface area (TPSA) is 52.9 Å².